The summed E-state index contributed by atoms with van der Waals surface area (Å²) < 4.78 is 0. The van der Waals surface area contributed by atoms with Gasteiger partial charge in [-0.25, -0.2) is 0 Å². The second kappa shape index (κ2) is 5.52. The van der Waals surface area contributed by atoms with Crippen molar-refractivity contribution < 1.29 is 0 Å². The highest BCUT2D eigenvalue weighted by molar-refractivity contribution is 4.63. The highest BCUT2D eigenvalue weighted by Crippen LogP contribution is 2.08. The van der Waals surface area contributed by atoms with Crippen molar-refractivity contribution in [3.05, 3.63) is 0 Å². The topological polar surface area (TPSA) is 41.3 Å². The Balaban J connectivity index is 2.09. The third-order valence-electron chi connectivity index (χ3n) is 2.27. The molecule has 1 aliphatic rings. The van der Waals surface area contributed by atoms with Gasteiger partial charge < -0.3 is 4.90 Å². The van der Waals surface area contributed by atoms with Gasteiger partial charge in [-0.1, -0.05) is 12.8 Å². The van der Waals surface area contributed by atoms with Crippen LogP contribution in [-0.2, 0) is 0 Å². The van der Waals surface area contributed by atoms with Gasteiger partial charge in [0.15, 0.2) is 0 Å². The van der Waals surface area contributed by atoms with Crippen molar-refractivity contribution >= 4 is 0 Å². The normalized spacial score (nSPS) is 21.5. The lowest BCUT2D eigenvalue weighted by atomic mass is 10.2. The number of hydrogen-bond donors (Lipinski definition) is 2. The van der Waals surface area contributed by atoms with Crippen LogP contribution in [0.4, 0.5) is 0 Å². The number of hydrogen-bond acceptors (Lipinski definition) is 3. The highest BCUT2D eigenvalue weighted by Gasteiger charge is 2.06. The zero-order valence-corrected chi connectivity index (χ0v) is 7.18. The molecule has 3 nitrogen and oxygen atoms in total. The molecule has 66 valence electrons. The summed E-state index contributed by atoms with van der Waals surface area (Å²) in [6.45, 7) is 4.56. The van der Waals surface area contributed by atoms with E-state index in [9.17, 15) is 0 Å². The van der Waals surface area contributed by atoms with E-state index in [1.165, 1.54) is 38.8 Å². The van der Waals surface area contributed by atoms with E-state index in [0.717, 1.165) is 13.1 Å². The van der Waals surface area contributed by atoms with E-state index in [2.05, 4.69) is 10.3 Å². The minimum atomic E-state index is 0.917. The van der Waals surface area contributed by atoms with E-state index in [4.69, 9.17) is 5.84 Å². The maximum absolute atomic E-state index is 5.21. The summed E-state index contributed by atoms with van der Waals surface area (Å²) in [6.07, 6.45) is 5.55. The van der Waals surface area contributed by atoms with Crippen LogP contribution in [0.2, 0.25) is 0 Å². The third kappa shape index (κ3) is 3.70. The van der Waals surface area contributed by atoms with E-state index >= 15 is 0 Å². The summed E-state index contributed by atoms with van der Waals surface area (Å²) in [5.74, 6) is 5.21. The van der Waals surface area contributed by atoms with Gasteiger partial charge >= 0.3 is 0 Å². The molecule has 0 radical (unpaired) electrons. The molecule has 0 aromatic rings. The Morgan fingerprint density at radius 1 is 1.09 bits per heavy atom. The second-order valence-electron chi connectivity index (χ2n) is 3.21. The Hall–Kier alpha value is -0.120. The van der Waals surface area contributed by atoms with E-state index in [1.54, 1.807) is 0 Å². The quantitative estimate of drug-likeness (QED) is 0.458. The van der Waals surface area contributed by atoms with E-state index in [0.29, 0.717) is 0 Å². The molecule has 1 heterocycles. The van der Waals surface area contributed by atoms with E-state index in [-0.39, 0.29) is 0 Å². The molecule has 0 spiro atoms. The van der Waals surface area contributed by atoms with Crippen molar-refractivity contribution in [3.63, 3.8) is 0 Å². The van der Waals surface area contributed by atoms with Gasteiger partial charge in [0.2, 0.25) is 0 Å². The molecule has 1 rings (SSSR count). The van der Waals surface area contributed by atoms with Crippen LogP contribution in [0, 0.1) is 0 Å². The van der Waals surface area contributed by atoms with Crippen LogP contribution in [0.25, 0.3) is 0 Å². The van der Waals surface area contributed by atoms with Gasteiger partial charge in [0.1, 0.15) is 0 Å². The van der Waals surface area contributed by atoms with Gasteiger partial charge in [0, 0.05) is 13.1 Å². The fraction of sp³-hybridized carbons (Fsp3) is 1.00. The lowest BCUT2D eigenvalue weighted by Gasteiger charge is -2.18. The van der Waals surface area contributed by atoms with E-state index in [1.807, 2.05) is 0 Å². The van der Waals surface area contributed by atoms with Crippen LogP contribution in [0.15, 0.2) is 0 Å². The average molecular weight is 157 g/mol. The van der Waals surface area contributed by atoms with Gasteiger partial charge in [0.05, 0.1) is 0 Å². The van der Waals surface area contributed by atoms with Crippen LogP contribution in [0.1, 0.15) is 25.7 Å². The van der Waals surface area contributed by atoms with Gasteiger partial charge in [-0.2, -0.15) is 0 Å². The number of nitrogens with two attached hydrogens (primary N) is 1. The first-order valence-electron chi connectivity index (χ1n) is 4.59. The van der Waals surface area contributed by atoms with Crippen LogP contribution in [0.3, 0.4) is 0 Å². The predicted molar refractivity (Wildman–Crippen MR) is 47.1 cm³/mol. The number of nitrogens with one attached hydrogen (secondary N) is 1. The first-order chi connectivity index (χ1) is 5.43. The summed E-state index contributed by atoms with van der Waals surface area (Å²) in [6, 6.07) is 0. The molecule has 1 saturated heterocycles. The third-order valence-corrected chi connectivity index (χ3v) is 2.27. The Bertz CT molecular complexity index is 87.3. The van der Waals surface area contributed by atoms with Crippen LogP contribution in [-0.4, -0.2) is 31.1 Å². The predicted octanol–water partition coefficient (Wildman–Crippen LogP) is 0.326. The Morgan fingerprint density at radius 3 is 2.27 bits per heavy atom. The zero-order valence-electron chi connectivity index (χ0n) is 7.18. The average Bonchev–Trinajstić information content (AvgIpc) is 2.28. The summed E-state index contributed by atoms with van der Waals surface area (Å²) in [5, 5.41) is 0. The SMILES string of the molecule is NNCCN1CCCCCC1. The standard InChI is InChI=1S/C8H19N3/c9-10-5-8-11-6-3-1-2-4-7-11/h10H,1-9H2. The molecule has 0 aliphatic carbocycles. The number of rotatable bonds is 3. The van der Waals surface area contributed by atoms with Crippen molar-refractivity contribution in [2.45, 2.75) is 25.7 Å². The Morgan fingerprint density at radius 2 is 1.73 bits per heavy atom. The second-order valence-corrected chi connectivity index (χ2v) is 3.21. The number of hydrazine groups is 1. The van der Waals surface area contributed by atoms with Gasteiger partial charge in [-0.15, -0.1) is 0 Å². The van der Waals surface area contributed by atoms with Crippen molar-refractivity contribution in [2.75, 3.05) is 26.2 Å². The first-order valence-corrected chi connectivity index (χ1v) is 4.59. The summed E-state index contributed by atoms with van der Waals surface area (Å²) in [4.78, 5) is 2.49. The van der Waals surface area contributed by atoms with Gasteiger partial charge in [-0.05, 0) is 25.9 Å². The number of nitrogens with zero attached hydrogens (tertiary/aromatic N) is 1. The van der Waals surface area contributed by atoms with Crippen molar-refractivity contribution in [3.8, 4) is 0 Å². The molecular weight excluding hydrogens is 138 g/mol. The molecule has 0 unspecified atom stereocenters. The fourth-order valence-corrected chi connectivity index (χ4v) is 1.58. The molecule has 0 atom stereocenters. The largest absolute Gasteiger partial charge is 0.302 e. The summed E-state index contributed by atoms with van der Waals surface area (Å²) in [7, 11) is 0. The van der Waals surface area contributed by atoms with Gasteiger partial charge in [-0.3, -0.25) is 11.3 Å². The van der Waals surface area contributed by atoms with Crippen LogP contribution < -0.4 is 11.3 Å². The highest BCUT2D eigenvalue weighted by atomic mass is 15.2. The Kier molecular flexibility index (Phi) is 4.50. The molecule has 3 heteroatoms. The molecule has 11 heavy (non-hydrogen) atoms. The van der Waals surface area contributed by atoms with Crippen molar-refractivity contribution in [1.82, 2.24) is 10.3 Å². The maximum Gasteiger partial charge on any atom is 0.0225 e. The number of likely N-dealkylation sites (tertiary alicyclic amines) is 1. The molecule has 0 aromatic carbocycles. The van der Waals surface area contributed by atoms with Gasteiger partial charge in [0.25, 0.3) is 0 Å². The molecule has 0 bridgehead atoms. The zero-order chi connectivity index (χ0) is 7.94. The minimum Gasteiger partial charge on any atom is -0.302 e. The van der Waals surface area contributed by atoms with Crippen LogP contribution >= 0.6 is 0 Å². The fourth-order valence-electron chi connectivity index (χ4n) is 1.58. The molecular formula is C8H19N3. The smallest absolute Gasteiger partial charge is 0.0225 e. The molecule has 0 aromatic heterocycles. The van der Waals surface area contributed by atoms with Crippen LogP contribution in [0.5, 0.6) is 0 Å². The lowest BCUT2D eigenvalue weighted by Crippen LogP contribution is -2.35. The first kappa shape index (κ1) is 8.97. The van der Waals surface area contributed by atoms with Crippen molar-refractivity contribution in [2.24, 2.45) is 5.84 Å². The summed E-state index contributed by atoms with van der Waals surface area (Å²) in [5.41, 5.74) is 2.69. The van der Waals surface area contributed by atoms with E-state index < -0.39 is 0 Å². The lowest BCUT2D eigenvalue weighted by molar-refractivity contribution is 0.285. The molecule has 1 fully saturated rings. The minimum absolute atomic E-state index is 0.917. The molecule has 0 saturated carbocycles. The summed E-state index contributed by atoms with van der Waals surface area (Å²) >= 11 is 0. The monoisotopic (exact) mass is 157 g/mol. The molecule has 1 aliphatic heterocycles. The Labute approximate surface area is 68.9 Å². The maximum atomic E-state index is 5.21. The van der Waals surface area contributed by atoms with Crippen molar-refractivity contribution in [1.29, 1.82) is 0 Å². The molecule has 3 N–H and O–H groups in total. The molecule has 0 amide bonds.